The molecule has 1 aromatic carbocycles. The van der Waals surface area contributed by atoms with Crippen molar-refractivity contribution in [3.8, 4) is 0 Å². The van der Waals surface area contributed by atoms with Crippen molar-refractivity contribution in [2.75, 3.05) is 0 Å². The molecule has 8 heteroatoms. The smallest absolute Gasteiger partial charge is 0.332 e. The average Bonchev–Trinajstić information content (AvgIpc) is 3.11. The van der Waals surface area contributed by atoms with Crippen LogP contribution in [0.4, 0.5) is 0 Å². The van der Waals surface area contributed by atoms with Crippen molar-refractivity contribution in [1.29, 1.82) is 0 Å². The van der Waals surface area contributed by atoms with Gasteiger partial charge in [-0.05, 0) is 31.7 Å². The Balaban J connectivity index is 1.75. The van der Waals surface area contributed by atoms with Gasteiger partial charge in [0.05, 0.1) is 12.7 Å². The number of aryl methyl sites for hydroxylation is 1. The first-order valence-electron chi connectivity index (χ1n) is 9.45. The minimum absolute atomic E-state index is 0.214. The zero-order valence-corrected chi connectivity index (χ0v) is 16.2. The lowest BCUT2D eigenvalue weighted by atomic mass is 10.2. The lowest BCUT2D eigenvalue weighted by molar-refractivity contribution is 0.102. The van der Waals surface area contributed by atoms with E-state index in [1.807, 2.05) is 30.3 Å². The van der Waals surface area contributed by atoms with Gasteiger partial charge in [-0.2, -0.15) is 0 Å². The third kappa shape index (κ3) is 4.58. The average molecular weight is 386 g/mol. The lowest BCUT2D eigenvalue weighted by Crippen LogP contribution is -2.39. The van der Waals surface area contributed by atoms with Crippen LogP contribution in [0.1, 0.15) is 37.6 Å². The van der Waals surface area contributed by atoms with Crippen molar-refractivity contribution < 1.29 is 9.84 Å². The monoisotopic (exact) mass is 386 g/mol. The summed E-state index contributed by atoms with van der Waals surface area (Å²) in [7, 11) is 1.60. The van der Waals surface area contributed by atoms with Crippen molar-refractivity contribution in [3.63, 3.8) is 0 Å². The Morgan fingerprint density at radius 2 is 1.93 bits per heavy atom. The van der Waals surface area contributed by atoms with E-state index in [0.717, 1.165) is 12.0 Å². The Morgan fingerprint density at radius 1 is 1.18 bits per heavy atom. The zero-order chi connectivity index (χ0) is 20.1. The molecule has 2 aromatic heterocycles. The SMILES string of the molecule is C[C@@H](O)CCCCn1c(=O)c2[nH]c(COCc3ccccc3)nc2n(C)c1=O. The van der Waals surface area contributed by atoms with E-state index in [-0.39, 0.29) is 18.3 Å². The quantitative estimate of drug-likeness (QED) is 0.545. The summed E-state index contributed by atoms with van der Waals surface area (Å²) in [6, 6.07) is 9.77. The number of aliphatic hydroxyl groups is 1. The summed E-state index contributed by atoms with van der Waals surface area (Å²) in [4.78, 5) is 32.6. The fourth-order valence-corrected chi connectivity index (χ4v) is 3.11. The second kappa shape index (κ2) is 8.99. The van der Waals surface area contributed by atoms with Gasteiger partial charge >= 0.3 is 5.69 Å². The van der Waals surface area contributed by atoms with Crippen LogP contribution in [0.5, 0.6) is 0 Å². The van der Waals surface area contributed by atoms with Crippen LogP contribution < -0.4 is 11.2 Å². The van der Waals surface area contributed by atoms with Crippen LogP contribution in [-0.2, 0) is 31.5 Å². The summed E-state index contributed by atoms with van der Waals surface area (Å²) in [5.74, 6) is 0.505. The van der Waals surface area contributed by atoms with Crippen molar-refractivity contribution in [1.82, 2.24) is 19.1 Å². The standard InChI is InChI=1S/C20H26N4O4/c1-14(25)8-6-7-11-24-19(26)17-18(23(2)20(24)27)22-16(21-17)13-28-12-15-9-4-3-5-10-15/h3-5,9-10,14,25H,6-8,11-13H2,1-2H3,(H,21,22)/t14-/m1/s1. The molecule has 0 amide bonds. The topological polar surface area (TPSA) is 102 Å². The molecule has 0 aliphatic carbocycles. The highest BCUT2D eigenvalue weighted by molar-refractivity contribution is 5.69. The Morgan fingerprint density at radius 3 is 2.64 bits per heavy atom. The molecule has 8 nitrogen and oxygen atoms in total. The number of ether oxygens (including phenoxy) is 1. The van der Waals surface area contributed by atoms with E-state index in [1.165, 1.54) is 9.13 Å². The molecule has 28 heavy (non-hydrogen) atoms. The molecule has 2 N–H and O–H groups in total. The maximum atomic E-state index is 12.7. The largest absolute Gasteiger partial charge is 0.393 e. The lowest BCUT2D eigenvalue weighted by Gasteiger charge is -2.08. The predicted octanol–water partition coefficient (Wildman–Crippen LogP) is 1.69. The van der Waals surface area contributed by atoms with E-state index in [2.05, 4.69) is 9.97 Å². The molecule has 0 aliphatic rings. The van der Waals surface area contributed by atoms with Gasteiger partial charge in [0.25, 0.3) is 5.56 Å². The number of imidazole rings is 1. The Kier molecular flexibility index (Phi) is 6.43. The molecular formula is C20H26N4O4. The van der Waals surface area contributed by atoms with E-state index in [9.17, 15) is 14.7 Å². The summed E-state index contributed by atoms with van der Waals surface area (Å²) in [5.41, 5.74) is 0.907. The van der Waals surface area contributed by atoms with Gasteiger partial charge in [0.2, 0.25) is 0 Å². The van der Waals surface area contributed by atoms with Gasteiger partial charge in [-0.1, -0.05) is 30.3 Å². The fraction of sp³-hybridized carbons (Fsp3) is 0.450. The number of fused-ring (bicyclic) bond motifs is 1. The first-order valence-corrected chi connectivity index (χ1v) is 9.45. The van der Waals surface area contributed by atoms with E-state index in [4.69, 9.17) is 4.74 Å². The van der Waals surface area contributed by atoms with Crippen molar-refractivity contribution in [3.05, 3.63) is 62.6 Å². The van der Waals surface area contributed by atoms with E-state index in [1.54, 1.807) is 14.0 Å². The molecule has 0 spiro atoms. The first kappa shape index (κ1) is 20.0. The summed E-state index contributed by atoms with van der Waals surface area (Å²) in [6.45, 7) is 2.69. The second-order valence-corrected chi connectivity index (χ2v) is 7.00. The van der Waals surface area contributed by atoms with Crippen LogP contribution in [0.15, 0.2) is 39.9 Å². The van der Waals surface area contributed by atoms with Gasteiger partial charge in [-0.25, -0.2) is 9.78 Å². The van der Waals surface area contributed by atoms with Gasteiger partial charge in [-0.15, -0.1) is 0 Å². The molecule has 2 heterocycles. The number of unbranched alkanes of at least 4 members (excludes halogenated alkanes) is 1. The number of nitrogens with zero attached hydrogens (tertiary/aromatic N) is 3. The molecule has 0 unspecified atom stereocenters. The van der Waals surface area contributed by atoms with E-state index < -0.39 is 5.69 Å². The molecule has 3 rings (SSSR count). The van der Waals surface area contributed by atoms with Gasteiger partial charge in [0.15, 0.2) is 5.65 Å². The third-order valence-corrected chi connectivity index (χ3v) is 4.63. The second-order valence-electron chi connectivity index (χ2n) is 7.00. The number of benzene rings is 1. The molecule has 1 atom stereocenters. The summed E-state index contributed by atoms with van der Waals surface area (Å²) in [5, 5.41) is 9.33. The first-order chi connectivity index (χ1) is 13.5. The molecule has 3 aromatic rings. The van der Waals surface area contributed by atoms with Gasteiger partial charge < -0.3 is 14.8 Å². The number of aromatic amines is 1. The highest BCUT2D eigenvalue weighted by Crippen LogP contribution is 2.08. The number of rotatable bonds is 9. The highest BCUT2D eigenvalue weighted by Gasteiger charge is 2.15. The van der Waals surface area contributed by atoms with E-state index in [0.29, 0.717) is 43.0 Å². The third-order valence-electron chi connectivity index (χ3n) is 4.63. The number of hydrogen-bond donors (Lipinski definition) is 2. The molecule has 0 saturated carbocycles. The van der Waals surface area contributed by atoms with Crippen molar-refractivity contribution in [2.24, 2.45) is 7.05 Å². The number of nitrogens with one attached hydrogen (secondary N) is 1. The van der Waals surface area contributed by atoms with Crippen molar-refractivity contribution in [2.45, 2.75) is 52.0 Å². The van der Waals surface area contributed by atoms with Crippen LogP contribution in [0.2, 0.25) is 0 Å². The number of aromatic nitrogens is 4. The van der Waals surface area contributed by atoms with Gasteiger partial charge in [0, 0.05) is 13.6 Å². The van der Waals surface area contributed by atoms with E-state index >= 15 is 0 Å². The molecule has 0 fully saturated rings. The fourth-order valence-electron chi connectivity index (χ4n) is 3.11. The number of H-pyrrole nitrogens is 1. The highest BCUT2D eigenvalue weighted by atomic mass is 16.5. The molecule has 150 valence electrons. The van der Waals surface area contributed by atoms with Crippen LogP contribution in [0.25, 0.3) is 11.2 Å². The summed E-state index contributed by atoms with van der Waals surface area (Å²) >= 11 is 0. The zero-order valence-electron chi connectivity index (χ0n) is 16.2. The van der Waals surface area contributed by atoms with Crippen LogP contribution in [0, 0.1) is 0 Å². The maximum absolute atomic E-state index is 12.7. The number of hydrogen-bond acceptors (Lipinski definition) is 5. The van der Waals surface area contributed by atoms with Crippen molar-refractivity contribution >= 4 is 11.2 Å². The maximum Gasteiger partial charge on any atom is 0.332 e. The molecule has 0 radical (unpaired) electrons. The molecule has 0 saturated heterocycles. The van der Waals surface area contributed by atoms with Crippen LogP contribution in [-0.4, -0.2) is 30.3 Å². The minimum atomic E-state index is -0.391. The minimum Gasteiger partial charge on any atom is -0.393 e. The normalized spacial score (nSPS) is 12.5. The Labute approximate surface area is 162 Å². The van der Waals surface area contributed by atoms with Crippen LogP contribution in [0.3, 0.4) is 0 Å². The molecule has 0 aliphatic heterocycles. The van der Waals surface area contributed by atoms with Gasteiger partial charge in [0.1, 0.15) is 17.9 Å². The Hall–Kier alpha value is -2.71. The predicted molar refractivity (Wildman–Crippen MR) is 106 cm³/mol. The molecular weight excluding hydrogens is 360 g/mol. The van der Waals surface area contributed by atoms with Gasteiger partial charge in [-0.3, -0.25) is 13.9 Å². The van der Waals surface area contributed by atoms with Crippen LogP contribution >= 0.6 is 0 Å². The molecule has 0 bridgehead atoms. The number of aliphatic hydroxyl groups excluding tert-OH is 1. The Bertz CT molecular complexity index is 1030. The summed E-state index contributed by atoms with van der Waals surface area (Å²) in [6.07, 6.45) is 1.65. The summed E-state index contributed by atoms with van der Waals surface area (Å²) < 4.78 is 8.26.